The highest BCUT2D eigenvalue weighted by atomic mass is 32.1. The molecule has 0 N–H and O–H groups in total. The van der Waals surface area contributed by atoms with Crippen LogP contribution in [-0.4, -0.2) is 12.9 Å². The van der Waals surface area contributed by atoms with Gasteiger partial charge in [0.05, 0.1) is 12.0 Å². The van der Waals surface area contributed by atoms with E-state index in [4.69, 9.17) is 9.47 Å². The van der Waals surface area contributed by atoms with Crippen LogP contribution in [0.25, 0.3) is 6.08 Å². The minimum atomic E-state index is -0.772. The molecule has 2 aromatic carbocycles. The molecule has 27 heavy (non-hydrogen) atoms. The average Bonchev–Trinajstić information content (AvgIpc) is 3.20. The number of halogens is 2. The molecule has 0 atom stereocenters. The summed E-state index contributed by atoms with van der Waals surface area (Å²) >= 11 is 1.38. The second kappa shape index (κ2) is 8.60. The number of hydrogen-bond donors (Lipinski definition) is 0. The zero-order chi connectivity index (χ0) is 19.2. The van der Waals surface area contributed by atoms with Crippen LogP contribution in [0.2, 0.25) is 0 Å². The van der Waals surface area contributed by atoms with Gasteiger partial charge in [-0.3, -0.25) is 4.79 Å². The van der Waals surface area contributed by atoms with Gasteiger partial charge in [0.2, 0.25) is 0 Å². The molecule has 3 aromatic rings. The summed E-state index contributed by atoms with van der Waals surface area (Å²) in [6.07, 6.45) is 3.20. The standard InChI is InChI=1S/C21H16F2O3S/c1-25-19-8-5-14(4-7-18(24)21-3-2-10-27-21)11-15(19)13-26-20-9-6-16(22)12-17(20)23/h2-12H,13H2,1H3/b7-4+. The first kappa shape index (κ1) is 18.8. The molecule has 0 radical (unpaired) electrons. The summed E-state index contributed by atoms with van der Waals surface area (Å²) in [5.41, 5.74) is 1.45. The van der Waals surface area contributed by atoms with E-state index in [2.05, 4.69) is 0 Å². The van der Waals surface area contributed by atoms with Gasteiger partial charge >= 0.3 is 0 Å². The van der Waals surface area contributed by atoms with Gasteiger partial charge in [0, 0.05) is 11.6 Å². The maximum atomic E-state index is 13.7. The third-order valence-corrected chi connectivity index (χ3v) is 4.66. The van der Waals surface area contributed by atoms with Gasteiger partial charge in [0.15, 0.2) is 17.3 Å². The fraction of sp³-hybridized carbons (Fsp3) is 0.0952. The zero-order valence-electron chi connectivity index (χ0n) is 14.4. The van der Waals surface area contributed by atoms with Crippen LogP contribution < -0.4 is 9.47 Å². The number of allylic oxidation sites excluding steroid dienone is 1. The van der Waals surface area contributed by atoms with E-state index >= 15 is 0 Å². The quantitative estimate of drug-likeness (QED) is 0.397. The highest BCUT2D eigenvalue weighted by Crippen LogP contribution is 2.24. The number of thiophene rings is 1. The van der Waals surface area contributed by atoms with Crippen molar-refractivity contribution in [2.75, 3.05) is 7.11 Å². The molecule has 0 aliphatic carbocycles. The molecule has 0 amide bonds. The van der Waals surface area contributed by atoms with Crippen molar-refractivity contribution in [3.63, 3.8) is 0 Å². The smallest absolute Gasteiger partial charge is 0.195 e. The first-order valence-corrected chi connectivity index (χ1v) is 8.95. The van der Waals surface area contributed by atoms with Crippen LogP contribution in [0.1, 0.15) is 20.8 Å². The first-order valence-electron chi connectivity index (χ1n) is 8.07. The third-order valence-electron chi connectivity index (χ3n) is 3.77. The largest absolute Gasteiger partial charge is 0.496 e. The number of methoxy groups -OCH3 is 1. The number of carbonyl (C=O) groups is 1. The number of benzene rings is 2. The average molecular weight is 386 g/mol. The highest BCUT2D eigenvalue weighted by molar-refractivity contribution is 7.12. The lowest BCUT2D eigenvalue weighted by molar-refractivity contribution is 0.105. The van der Waals surface area contributed by atoms with Crippen LogP contribution in [-0.2, 0) is 6.61 Å². The lowest BCUT2D eigenvalue weighted by atomic mass is 10.1. The molecule has 138 valence electrons. The van der Waals surface area contributed by atoms with E-state index in [1.165, 1.54) is 30.6 Å². The van der Waals surface area contributed by atoms with E-state index in [0.29, 0.717) is 16.2 Å². The Morgan fingerprint density at radius 2 is 1.93 bits per heavy atom. The Kier molecular flexibility index (Phi) is 5.98. The molecule has 0 bridgehead atoms. The first-order chi connectivity index (χ1) is 13.1. The van der Waals surface area contributed by atoms with E-state index < -0.39 is 11.6 Å². The minimum Gasteiger partial charge on any atom is -0.496 e. The van der Waals surface area contributed by atoms with Crippen molar-refractivity contribution in [1.29, 1.82) is 0 Å². The Morgan fingerprint density at radius 1 is 1.11 bits per heavy atom. The molecular weight excluding hydrogens is 370 g/mol. The Hall–Kier alpha value is -2.99. The Morgan fingerprint density at radius 3 is 2.63 bits per heavy atom. The second-order valence-electron chi connectivity index (χ2n) is 5.61. The van der Waals surface area contributed by atoms with E-state index in [0.717, 1.165) is 17.7 Å². The van der Waals surface area contributed by atoms with Crippen molar-refractivity contribution >= 4 is 23.2 Å². The van der Waals surface area contributed by atoms with Crippen LogP contribution in [0.3, 0.4) is 0 Å². The Balaban J connectivity index is 1.76. The molecule has 3 nitrogen and oxygen atoms in total. The second-order valence-corrected chi connectivity index (χ2v) is 6.56. The molecular formula is C21H16F2O3S. The number of carbonyl (C=O) groups excluding carboxylic acids is 1. The summed E-state index contributed by atoms with van der Waals surface area (Å²) in [4.78, 5) is 12.7. The highest BCUT2D eigenvalue weighted by Gasteiger charge is 2.09. The Bertz CT molecular complexity index is 966. The van der Waals surface area contributed by atoms with Gasteiger partial charge < -0.3 is 9.47 Å². The molecule has 0 unspecified atom stereocenters. The number of rotatable bonds is 7. The van der Waals surface area contributed by atoms with E-state index in [-0.39, 0.29) is 18.1 Å². The summed E-state index contributed by atoms with van der Waals surface area (Å²) in [7, 11) is 1.52. The minimum absolute atomic E-state index is 0.0340. The zero-order valence-corrected chi connectivity index (χ0v) is 15.3. The number of ether oxygens (including phenoxy) is 2. The van der Waals surface area contributed by atoms with Crippen molar-refractivity contribution in [2.24, 2.45) is 0 Å². The van der Waals surface area contributed by atoms with Gasteiger partial charge in [-0.1, -0.05) is 18.2 Å². The predicted molar refractivity (Wildman–Crippen MR) is 101 cm³/mol. The molecule has 0 spiro atoms. The molecule has 0 aliphatic heterocycles. The van der Waals surface area contributed by atoms with E-state index in [1.54, 1.807) is 30.3 Å². The molecule has 0 saturated carbocycles. The van der Waals surface area contributed by atoms with Gasteiger partial charge in [-0.15, -0.1) is 11.3 Å². The van der Waals surface area contributed by atoms with Crippen molar-refractivity contribution in [3.8, 4) is 11.5 Å². The van der Waals surface area contributed by atoms with E-state index in [9.17, 15) is 13.6 Å². The van der Waals surface area contributed by atoms with Crippen LogP contribution in [0, 0.1) is 11.6 Å². The van der Waals surface area contributed by atoms with Gasteiger partial charge in [-0.05, 0) is 47.4 Å². The van der Waals surface area contributed by atoms with Crippen molar-refractivity contribution in [3.05, 3.63) is 87.6 Å². The van der Waals surface area contributed by atoms with Crippen LogP contribution in [0.15, 0.2) is 60.0 Å². The van der Waals surface area contributed by atoms with Crippen LogP contribution >= 0.6 is 11.3 Å². The third kappa shape index (κ3) is 4.80. The van der Waals surface area contributed by atoms with E-state index in [1.807, 2.05) is 11.4 Å². The van der Waals surface area contributed by atoms with Gasteiger partial charge in [0.25, 0.3) is 0 Å². The maximum absolute atomic E-state index is 13.7. The van der Waals surface area contributed by atoms with Crippen molar-refractivity contribution in [1.82, 2.24) is 0 Å². The van der Waals surface area contributed by atoms with Crippen LogP contribution in [0.4, 0.5) is 8.78 Å². The number of hydrogen-bond acceptors (Lipinski definition) is 4. The summed E-state index contributed by atoms with van der Waals surface area (Å²) in [6.45, 7) is 0.0340. The molecule has 1 heterocycles. The summed E-state index contributed by atoms with van der Waals surface area (Å²) in [6, 6.07) is 12.1. The molecule has 0 aliphatic rings. The summed E-state index contributed by atoms with van der Waals surface area (Å²) in [5.74, 6) is -0.995. The van der Waals surface area contributed by atoms with Gasteiger partial charge in [-0.25, -0.2) is 8.78 Å². The van der Waals surface area contributed by atoms with Crippen LogP contribution in [0.5, 0.6) is 11.5 Å². The molecule has 0 fully saturated rings. The van der Waals surface area contributed by atoms with Crippen molar-refractivity contribution < 1.29 is 23.0 Å². The maximum Gasteiger partial charge on any atom is 0.195 e. The molecule has 1 aromatic heterocycles. The van der Waals surface area contributed by atoms with Crippen molar-refractivity contribution in [2.45, 2.75) is 6.61 Å². The lowest BCUT2D eigenvalue weighted by Gasteiger charge is -2.12. The SMILES string of the molecule is COc1ccc(/C=C/C(=O)c2cccs2)cc1COc1ccc(F)cc1F. The normalized spacial score (nSPS) is 10.9. The summed E-state index contributed by atoms with van der Waals surface area (Å²) < 4.78 is 37.4. The predicted octanol–water partition coefficient (Wildman–Crippen LogP) is 5.51. The molecule has 3 rings (SSSR count). The van der Waals surface area contributed by atoms with Gasteiger partial charge in [-0.2, -0.15) is 0 Å². The van der Waals surface area contributed by atoms with Gasteiger partial charge in [0.1, 0.15) is 18.2 Å². The Labute approximate surface area is 159 Å². The lowest BCUT2D eigenvalue weighted by Crippen LogP contribution is -2.01. The topological polar surface area (TPSA) is 35.5 Å². The molecule has 0 saturated heterocycles. The summed E-state index contributed by atoms with van der Waals surface area (Å²) in [5, 5.41) is 1.85. The fourth-order valence-corrected chi connectivity index (χ4v) is 3.08. The number of ketones is 1. The fourth-order valence-electron chi connectivity index (χ4n) is 2.44. The monoisotopic (exact) mass is 386 g/mol. The molecule has 6 heteroatoms.